The van der Waals surface area contributed by atoms with Gasteiger partial charge < -0.3 is 22.8 Å². The van der Waals surface area contributed by atoms with Crippen molar-refractivity contribution in [2.75, 3.05) is 5.32 Å². The summed E-state index contributed by atoms with van der Waals surface area (Å²) in [5.74, 6) is -1.52. The second kappa shape index (κ2) is 5.67. The number of amides is 1. The fraction of sp³-hybridized carbons (Fsp3) is 0.333. The van der Waals surface area contributed by atoms with Gasteiger partial charge in [-0.15, -0.1) is 5.46 Å². The number of hydrogen-bond donors (Lipinski definition) is 2. The van der Waals surface area contributed by atoms with E-state index >= 15 is 0 Å². The predicted octanol–water partition coefficient (Wildman–Crippen LogP) is 2.79. The molecule has 1 aromatic rings. The molecule has 0 spiro atoms. The molecule has 0 atom stereocenters. The topological polar surface area (TPSA) is 75.6 Å². The second-order valence-electron chi connectivity index (χ2n) is 5.35. The Morgan fingerprint density at radius 2 is 1.76 bits per heavy atom. The van der Waals surface area contributed by atoms with E-state index in [0.29, 0.717) is 12.1 Å². The van der Waals surface area contributed by atoms with Crippen LogP contribution in [0.3, 0.4) is 0 Å². The SMILES string of the molecule is CC(C)(C)OC(=O)Nc1cc(C(=O)O)cc([B-](F)(F)F)c1. The normalized spacial score (nSPS) is 11.9. The van der Waals surface area contributed by atoms with Gasteiger partial charge in [0.15, 0.2) is 0 Å². The zero-order valence-electron chi connectivity index (χ0n) is 11.6. The third-order valence-electron chi connectivity index (χ3n) is 2.23. The second-order valence-corrected chi connectivity index (χ2v) is 5.35. The summed E-state index contributed by atoms with van der Waals surface area (Å²) >= 11 is 0. The maximum atomic E-state index is 12.7. The lowest BCUT2D eigenvalue weighted by Gasteiger charge is -2.21. The number of carbonyl (C=O) groups is 2. The molecule has 0 bridgehead atoms. The lowest BCUT2D eigenvalue weighted by molar-refractivity contribution is 0.0632. The van der Waals surface area contributed by atoms with Gasteiger partial charge in [0.1, 0.15) is 5.60 Å². The molecule has 9 heteroatoms. The number of rotatable bonds is 3. The molecule has 2 N–H and O–H groups in total. The molecule has 0 aliphatic rings. The van der Waals surface area contributed by atoms with Gasteiger partial charge in [0.25, 0.3) is 0 Å². The highest BCUT2D eigenvalue weighted by molar-refractivity contribution is 6.73. The van der Waals surface area contributed by atoms with Crippen LogP contribution in [0, 0.1) is 0 Å². The Hall–Kier alpha value is -2.19. The maximum absolute atomic E-state index is 12.7. The first kappa shape index (κ1) is 16.9. The van der Waals surface area contributed by atoms with Crippen LogP contribution in [0.1, 0.15) is 31.1 Å². The molecule has 0 fully saturated rings. The van der Waals surface area contributed by atoms with Crippen molar-refractivity contribution in [2.45, 2.75) is 26.4 Å². The molecular formula is C12H14BF3NO4-. The number of anilines is 1. The van der Waals surface area contributed by atoms with Gasteiger partial charge >= 0.3 is 19.0 Å². The highest BCUT2D eigenvalue weighted by atomic mass is 19.4. The fourth-order valence-corrected chi connectivity index (χ4v) is 1.46. The van der Waals surface area contributed by atoms with Gasteiger partial charge in [-0.2, -0.15) is 0 Å². The lowest BCUT2D eigenvalue weighted by Crippen LogP contribution is -2.35. The van der Waals surface area contributed by atoms with Crippen molar-refractivity contribution in [3.63, 3.8) is 0 Å². The largest absolute Gasteiger partial charge is 0.509 e. The minimum absolute atomic E-state index is 0.293. The van der Waals surface area contributed by atoms with Crippen LogP contribution in [-0.2, 0) is 4.74 Å². The summed E-state index contributed by atoms with van der Waals surface area (Å²) in [6.07, 6.45) is -0.967. The molecule has 0 aliphatic heterocycles. The van der Waals surface area contributed by atoms with Crippen molar-refractivity contribution in [1.82, 2.24) is 0 Å². The van der Waals surface area contributed by atoms with Crippen LogP contribution in [0.4, 0.5) is 23.4 Å². The number of ether oxygens (including phenoxy) is 1. The van der Waals surface area contributed by atoms with Gasteiger partial charge in [-0.25, -0.2) is 9.59 Å². The smallest absolute Gasteiger partial charge is 0.478 e. The number of nitrogens with one attached hydrogen (secondary N) is 1. The number of benzene rings is 1. The van der Waals surface area contributed by atoms with Crippen LogP contribution >= 0.6 is 0 Å². The molecule has 0 saturated heterocycles. The predicted molar refractivity (Wildman–Crippen MR) is 72.0 cm³/mol. The van der Waals surface area contributed by atoms with Crippen molar-refractivity contribution in [1.29, 1.82) is 0 Å². The molecule has 116 valence electrons. The Bertz CT molecular complexity index is 567. The Labute approximate surface area is 119 Å². The standard InChI is InChI=1S/C12H14BF3NO4/c1-12(2,3)21-11(20)17-9-5-7(10(18)19)4-8(6-9)13(14,15)16/h4-6H,1-3H3,(H,17,20)(H,18,19)/q-1. The number of hydrogen-bond acceptors (Lipinski definition) is 3. The molecule has 5 nitrogen and oxygen atoms in total. The van der Waals surface area contributed by atoms with Gasteiger partial charge in [0, 0.05) is 5.69 Å². The fourth-order valence-electron chi connectivity index (χ4n) is 1.46. The van der Waals surface area contributed by atoms with Crippen LogP contribution in [0.5, 0.6) is 0 Å². The molecule has 0 heterocycles. The lowest BCUT2D eigenvalue weighted by atomic mass is 9.79. The zero-order chi connectivity index (χ0) is 16.4. The minimum Gasteiger partial charge on any atom is -0.478 e. The summed E-state index contributed by atoms with van der Waals surface area (Å²) in [6.45, 7) is -0.624. The number of halogens is 3. The van der Waals surface area contributed by atoms with Crippen LogP contribution in [0.2, 0.25) is 0 Å². The average molecular weight is 304 g/mol. The van der Waals surface area contributed by atoms with Crippen molar-refractivity contribution < 1.29 is 32.4 Å². The van der Waals surface area contributed by atoms with Gasteiger partial charge in [-0.05, 0) is 26.8 Å². The Morgan fingerprint density at radius 1 is 1.19 bits per heavy atom. The van der Waals surface area contributed by atoms with Gasteiger partial charge in [0.2, 0.25) is 0 Å². The van der Waals surface area contributed by atoms with E-state index in [1.165, 1.54) is 0 Å². The molecule has 0 saturated carbocycles. The van der Waals surface area contributed by atoms with E-state index < -0.39 is 35.7 Å². The maximum Gasteiger partial charge on any atom is 0.509 e. The monoisotopic (exact) mass is 304 g/mol. The molecule has 1 rings (SSSR count). The van der Waals surface area contributed by atoms with Gasteiger partial charge in [-0.1, -0.05) is 12.1 Å². The highest BCUT2D eigenvalue weighted by Crippen LogP contribution is 2.17. The molecule has 0 aliphatic carbocycles. The number of aromatic carboxylic acids is 1. The number of carboxylic acid groups (broad SMARTS) is 1. The molecule has 0 radical (unpaired) electrons. The molecule has 1 amide bonds. The first-order chi connectivity index (χ1) is 9.38. The van der Waals surface area contributed by atoms with E-state index in [2.05, 4.69) is 5.32 Å². The summed E-state index contributed by atoms with van der Waals surface area (Å²) in [6, 6.07) is 2.11. The van der Waals surface area contributed by atoms with E-state index in [0.717, 1.165) is 6.07 Å². The first-order valence-electron chi connectivity index (χ1n) is 5.97. The Balaban J connectivity index is 3.10. The van der Waals surface area contributed by atoms with Crippen LogP contribution in [-0.4, -0.2) is 29.7 Å². The average Bonchev–Trinajstić information content (AvgIpc) is 2.24. The molecule has 0 unspecified atom stereocenters. The van der Waals surface area contributed by atoms with Crippen LogP contribution < -0.4 is 10.8 Å². The van der Waals surface area contributed by atoms with Crippen molar-refractivity contribution in [3.05, 3.63) is 23.8 Å². The quantitative estimate of drug-likeness (QED) is 0.842. The van der Waals surface area contributed by atoms with E-state index in [4.69, 9.17) is 9.84 Å². The number of carbonyl (C=O) groups excluding carboxylic acids is 1. The number of carboxylic acids is 1. The van der Waals surface area contributed by atoms with Crippen LogP contribution in [0.15, 0.2) is 18.2 Å². The zero-order valence-corrected chi connectivity index (χ0v) is 11.6. The third-order valence-corrected chi connectivity index (χ3v) is 2.23. The Morgan fingerprint density at radius 3 is 2.19 bits per heavy atom. The van der Waals surface area contributed by atoms with E-state index in [1.54, 1.807) is 20.8 Å². The molecule has 0 aromatic heterocycles. The van der Waals surface area contributed by atoms with Gasteiger partial charge in [0.05, 0.1) is 5.56 Å². The van der Waals surface area contributed by atoms with Crippen molar-refractivity contribution in [2.24, 2.45) is 0 Å². The van der Waals surface area contributed by atoms with E-state index in [1.807, 2.05) is 0 Å². The Kier molecular flexibility index (Phi) is 4.55. The summed E-state index contributed by atoms with van der Waals surface area (Å²) in [7, 11) is 0. The summed E-state index contributed by atoms with van der Waals surface area (Å²) in [4.78, 5) is 22.4. The summed E-state index contributed by atoms with van der Waals surface area (Å²) < 4.78 is 43.1. The summed E-state index contributed by atoms with van der Waals surface area (Å²) in [5, 5.41) is 10.9. The molecule has 21 heavy (non-hydrogen) atoms. The molecular weight excluding hydrogens is 290 g/mol. The van der Waals surface area contributed by atoms with E-state index in [9.17, 15) is 22.5 Å². The van der Waals surface area contributed by atoms with E-state index in [-0.39, 0.29) is 5.69 Å². The van der Waals surface area contributed by atoms with Crippen molar-refractivity contribution in [3.8, 4) is 0 Å². The van der Waals surface area contributed by atoms with Crippen LogP contribution in [0.25, 0.3) is 0 Å². The highest BCUT2D eigenvalue weighted by Gasteiger charge is 2.27. The minimum atomic E-state index is -5.39. The molecule has 1 aromatic carbocycles. The first-order valence-corrected chi connectivity index (χ1v) is 5.97. The van der Waals surface area contributed by atoms with Gasteiger partial charge in [-0.3, -0.25) is 5.32 Å². The van der Waals surface area contributed by atoms with Crippen molar-refractivity contribution >= 4 is 30.2 Å². The third kappa shape index (κ3) is 5.37. The summed E-state index contributed by atoms with van der Waals surface area (Å²) in [5.41, 5.74) is -2.80.